The SMILES string of the molecule is Cc1c(CCCC(=O)O)[nH]c2ccc(Cl)cc12. The predicted molar refractivity (Wildman–Crippen MR) is 68.6 cm³/mol. The Morgan fingerprint density at radius 1 is 1.47 bits per heavy atom. The van der Waals surface area contributed by atoms with E-state index < -0.39 is 5.97 Å². The minimum Gasteiger partial charge on any atom is -0.481 e. The highest BCUT2D eigenvalue weighted by molar-refractivity contribution is 6.31. The number of H-pyrrole nitrogens is 1. The van der Waals surface area contributed by atoms with Crippen LogP contribution >= 0.6 is 11.6 Å². The van der Waals surface area contributed by atoms with Crippen LogP contribution in [0.1, 0.15) is 24.1 Å². The maximum Gasteiger partial charge on any atom is 0.303 e. The topological polar surface area (TPSA) is 53.1 Å². The highest BCUT2D eigenvalue weighted by Gasteiger charge is 2.08. The zero-order chi connectivity index (χ0) is 12.4. The summed E-state index contributed by atoms with van der Waals surface area (Å²) in [6.07, 6.45) is 1.61. The number of hydrogen-bond acceptors (Lipinski definition) is 1. The quantitative estimate of drug-likeness (QED) is 0.873. The molecule has 0 aliphatic heterocycles. The molecule has 0 radical (unpaired) electrons. The van der Waals surface area contributed by atoms with Crippen molar-refractivity contribution < 1.29 is 9.90 Å². The average molecular weight is 252 g/mol. The van der Waals surface area contributed by atoms with E-state index in [9.17, 15) is 4.79 Å². The lowest BCUT2D eigenvalue weighted by molar-refractivity contribution is -0.137. The molecule has 0 saturated carbocycles. The lowest BCUT2D eigenvalue weighted by Crippen LogP contribution is -1.96. The molecule has 1 aromatic heterocycles. The van der Waals surface area contributed by atoms with Gasteiger partial charge in [0.05, 0.1) is 0 Å². The van der Waals surface area contributed by atoms with Crippen molar-refractivity contribution in [3.8, 4) is 0 Å². The number of aryl methyl sites for hydroxylation is 2. The van der Waals surface area contributed by atoms with Crippen LogP contribution in [0.2, 0.25) is 5.02 Å². The van der Waals surface area contributed by atoms with Crippen molar-refractivity contribution in [2.45, 2.75) is 26.2 Å². The molecular formula is C13H14ClNO2. The van der Waals surface area contributed by atoms with Crippen LogP contribution in [-0.2, 0) is 11.2 Å². The highest BCUT2D eigenvalue weighted by Crippen LogP contribution is 2.25. The standard InChI is InChI=1S/C13H14ClNO2/c1-8-10-7-9(14)5-6-12(10)15-11(8)3-2-4-13(16)17/h5-7,15H,2-4H2,1H3,(H,16,17). The molecule has 4 heteroatoms. The van der Waals surface area contributed by atoms with Gasteiger partial charge in [-0.2, -0.15) is 0 Å². The lowest BCUT2D eigenvalue weighted by atomic mass is 10.1. The first-order valence-corrected chi connectivity index (χ1v) is 5.94. The second-order valence-electron chi connectivity index (χ2n) is 4.17. The highest BCUT2D eigenvalue weighted by atomic mass is 35.5. The number of carbonyl (C=O) groups is 1. The Hall–Kier alpha value is -1.48. The van der Waals surface area contributed by atoms with Gasteiger partial charge in [0.1, 0.15) is 0 Å². The Morgan fingerprint density at radius 3 is 2.94 bits per heavy atom. The van der Waals surface area contributed by atoms with Crippen molar-refractivity contribution in [2.24, 2.45) is 0 Å². The molecule has 0 spiro atoms. The Balaban J connectivity index is 2.23. The van der Waals surface area contributed by atoms with Gasteiger partial charge in [0.25, 0.3) is 0 Å². The van der Waals surface area contributed by atoms with Gasteiger partial charge in [0.15, 0.2) is 0 Å². The van der Waals surface area contributed by atoms with Crippen molar-refractivity contribution in [2.75, 3.05) is 0 Å². The summed E-state index contributed by atoms with van der Waals surface area (Å²) in [4.78, 5) is 13.8. The summed E-state index contributed by atoms with van der Waals surface area (Å²) in [5, 5.41) is 10.4. The van der Waals surface area contributed by atoms with Gasteiger partial charge in [0.2, 0.25) is 0 Å². The molecule has 0 aliphatic carbocycles. The smallest absolute Gasteiger partial charge is 0.303 e. The van der Waals surface area contributed by atoms with Gasteiger partial charge in [-0.1, -0.05) is 11.6 Å². The number of nitrogens with one attached hydrogen (secondary N) is 1. The summed E-state index contributed by atoms with van der Waals surface area (Å²) in [6, 6.07) is 5.73. The zero-order valence-electron chi connectivity index (χ0n) is 9.59. The van der Waals surface area contributed by atoms with Gasteiger partial charge >= 0.3 is 5.97 Å². The summed E-state index contributed by atoms with van der Waals surface area (Å²) < 4.78 is 0. The van der Waals surface area contributed by atoms with Gasteiger partial charge in [-0.15, -0.1) is 0 Å². The van der Waals surface area contributed by atoms with Crippen molar-refractivity contribution in [3.63, 3.8) is 0 Å². The van der Waals surface area contributed by atoms with Gasteiger partial charge in [0, 0.05) is 28.0 Å². The van der Waals surface area contributed by atoms with Crippen LogP contribution in [0, 0.1) is 6.92 Å². The maximum absolute atomic E-state index is 10.5. The maximum atomic E-state index is 10.5. The number of aromatic amines is 1. The molecule has 0 fully saturated rings. The van der Waals surface area contributed by atoms with Crippen LogP contribution in [-0.4, -0.2) is 16.1 Å². The number of hydrogen-bond donors (Lipinski definition) is 2. The number of halogens is 1. The summed E-state index contributed by atoms with van der Waals surface area (Å²) in [7, 11) is 0. The number of carboxylic acids is 1. The van der Waals surface area contributed by atoms with Crippen molar-refractivity contribution in [1.29, 1.82) is 0 Å². The van der Waals surface area contributed by atoms with E-state index in [1.165, 1.54) is 0 Å². The number of aliphatic carboxylic acids is 1. The zero-order valence-corrected chi connectivity index (χ0v) is 10.3. The molecule has 17 heavy (non-hydrogen) atoms. The molecule has 0 bridgehead atoms. The summed E-state index contributed by atoms with van der Waals surface area (Å²) in [6.45, 7) is 2.03. The van der Waals surface area contributed by atoms with E-state index in [1.54, 1.807) is 0 Å². The van der Waals surface area contributed by atoms with Crippen LogP contribution in [0.25, 0.3) is 10.9 Å². The second kappa shape index (κ2) is 4.80. The number of rotatable bonds is 4. The normalized spacial score (nSPS) is 10.9. The molecule has 2 aromatic rings. The Kier molecular flexibility index (Phi) is 3.38. The minimum absolute atomic E-state index is 0.204. The molecule has 0 saturated heterocycles. The predicted octanol–water partition coefficient (Wildman–Crippen LogP) is 3.54. The molecule has 0 amide bonds. The first kappa shape index (κ1) is 12.0. The van der Waals surface area contributed by atoms with Crippen LogP contribution in [0.5, 0.6) is 0 Å². The number of benzene rings is 1. The first-order chi connectivity index (χ1) is 8.08. The molecule has 3 nitrogen and oxygen atoms in total. The molecule has 0 aliphatic rings. The largest absolute Gasteiger partial charge is 0.481 e. The number of fused-ring (bicyclic) bond motifs is 1. The summed E-state index contributed by atoms with van der Waals surface area (Å²) in [5.74, 6) is -0.748. The third kappa shape index (κ3) is 2.61. The molecule has 2 N–H and O–H groups in total. The van der Waals surface area contributed by atoms with Gasteiger partial charge in [-0.3, -0.25) is 4.79 Å². The number of aromatic nitrogens is 1. The van der Waals surface area contributed by atoms with Gasteiger partial charge < -0.3 is 10.1 Å². The molecule has 0 unspecified atom stereocenters. The monoisotopic (exact) mass is 251 g/mol. The molecule has 1 heterocycles. The third-order valence-electron chi connectivity index (χ3n) is 2.94. The van der Waals surface area contributed by atoms with Crippen LogP contribution in [0.15, 0.2) is 18.2 Å². The Labute approximate surface area is 104 Å². The second-order valence-corrected chi connectivity index (χ2v) is 4.60. The molecule has 90 valence electrons. The molecule has 0 atom stereocenters. The van der Waals surface area contributed by atoms with Crippen LogP contribution in [0.3, 0.4) is 0 Å². The van der Waals surface area contributed by atoms with Crippen molar-refractivity contribution >= 4 is 28.5 Å². The van der Waals surface area contributed by atoms with Crippen LogP contribution in [0.4, 0.5) is 0 Å². The lowest BCUT2D eigenvalue weighted by Gasteiger charge is -1.98. The summed E-state index contributed by atoms with van der Waals surface area (Å²) >= 11 is 5.95. The van der Waals surface area contributed by atoms with Gasteiger partial charge in [-0.25, -0.2) is 0 Å². The van der Waals surface area contributed by atoms with E-state index in [0.29, 0.717) is 6.42 Å². The van der Waals surface area contributed by atoms with E-state index in [-0.39, 0.29) is 6.42 Å². The van der Waals surface area contributed by atoms with Crippen molar-refractivity contribution in [1.82, 2.24) is 4.98 Å². The molecule has 2 rings (SSSR count). The van der Waals surface area contributed by atoms with E-state index in [2.05, 4.69) is 4.98 Å². The summed E-state index contributed by atoms with van der Waals surface area (Å²) in [5.41, 5.74) is 3.31. The average Bonchev–Trinajstić information content (AvgIpc) is 2.56. The Morgan fingerprint density at radius 2 is 2.24 bits per heavy atom. The fourth-order valence-electron chi connectivity index (χ4n) is 2.02. The van der Waals surface area contributed by atoms with Crippen LogP contribution < -0.4 is 0 Å². The van der Waals surface area contributed by atoms with E-state index in [4.69, 9.17) is 16.7 Å². The Bertz CT molecular complexity index is 560. The van der Waals surface area contributed by atoms with Crippen molar-refractivity contribution in [3.05, 3.63) is 34.5 Å². The minimum atomic E-state index is -0.748. The van der Waals surface area contributed by atoms with Gasteiger partial charge in [-0.05, 0) is 43.5 Å². The number of carboxylic acid groups (broad SMARTS) is 1. The fourth-order valence-corrected chi connectivity index (χ4v) is 2.19. The van der Waals surface area contributed by atoms with E-state index in [0.717, 1.165) is 33.6 Å². The molecule has 1 aromatic carbocycles. The van der Waals surface area contributed by atoms with E-state index in [1.807, 2.05) is 25.1 Å². The third-order valence-corrected chi connectivity index (χ3v) is 3.18. The molecular weight excluding hydrogens is 238 g/mol. The first-order valence-electron chi connectivity index (χ1n) is 5.56. The van der Waals surface area contributed by atoms with E-state index >= 15 is 0 Å². The fraction of sp³-hybridized carbons (Fsp3) is 0.308.